The van der Waals surface area contributed by atoms with E-state index in [1.807, 2.05) is 6.92 Å². The van der Waals surface area contributed by atoms with Crippen molar-refractivity contribution in [2.45, 2.75) is 244 Å². The van der Waals surface area contributed by atoms with Crippen molar-refractivity contribution in [2.24, 2.45) is 23.7 Å². The summed E-state index contributed by atoms with van der Waals surface area (Å²) >= 11 is 0. The van der Waals surface area contributed by atoms with Crippen LogP contribution in [0.25, 0.3) is 0 Å². The van der Waals surface area contributed by atoms with Crippen LogP contribution in [0.5, 0.6) is 0 Å². The molecular formula is C53H96N6O23P2-2. The monoisotopic (exact) mass is 1250 g/mol. The minimum Gasteiger partial charge on any atom is -0.776 e. The molecule has 2 heterocycles. The van der Waals surface area contributed by atoms with Crippen molar-refractivity contribution in [3.05, 3.63) is 0 Å². The van der Waals surface area contributed by atoms with Gasteiger partial charge in [0.05, 0.1) is 44.4 Å². The fourth-order valence-electron chi connectivity index (χ4n) is 9.87. The van der Waals surface area contributed by atoms with Crippen LogP contribution in [0.15, 0.2) is 0 Å². The van der Waals surface area contributed by atoms with Crippen molar-refractivity contribution in [1.82, 2.24) is 26.6 Å². The van der Waals surface area contributed by atoms with E-state index < -0.39 is 175 Å². The molecule has 2 rings (SSSR count). The molecule has 19 atom stereocenters. The van der Waals surface area contributed by atoms with Crippen LogP contribution in [-0.4, -0.2) is 178 Å². The minimum absolute atomic E-state index is 0.0288. The largest absolute Gasteiger partial charge is 0.776 e. The maximum absolute atomic E-state index is 14.2. The Bertz CT molecular complexity index is 2170. The maximum atomic E-state index is 14.2. The number of phosphoric acid groups is 1. The van der Waals surface area contributed by atoms with Gasteiger partial charge < -0.3 is 106 Å². The Balaban J connectivity index is 2.38. The number of carbonyl (C=O) groups excluding carboxylic acids is 6. The number of phosphoric ester groups is 1. The lowest BCUT2D eigenvalue weighted by Crippen LogP contribution is -2.70. The summed E-state index contributed by atoms with van der Waals surface area (Å²) < 4.78 is 60.9. The predicted octanol–water partition coefficient (Wildman–Crippen LogP) is -1.67. The molecular weight excluding hydrogens is 1150 g/mol. The fraction of sp³-hybridized carbons (Fsp3) is 0.868. The van der Waals surface area contributed by atoms with Crippen LogP contribution >= 0.6 is 15.4 Å². The van der Waals surface area contributed by atoms with Gasteiger partial charge >= 0.3 is 5.97 Å². The van der Waals surface area contributed by atoms with E-state index in [9.17, 15) is 83.1 Å². The maximum Gasteiger partial charge on any atom is 0.326 e. The SMILES string of the molecule is CC(=O)N[C@@H]1[C@@H](O[C@H](C)C(=O)N[C@@H](C)C(=O)N[C@H](CCC(=O)N[C@@H](CCCC[NH3+])C(=O)[O-])C(=O)O)C(O[C@@H]2O[C@H](CO)[C@@H](O)[C@H](O)[C@H]2NC(C)=O)[C@@H](CO)O[C@@H]1P(=O)([O-])OP(=O)([O-])OCCC(C)CCCC(C)CCCC(C)CCCC(C)C. The van der Waals surface area contributed by atoms with E-state index in [1.54, 1.807) is 0 Å². The summed E-state index contributed by atoms with van der Waals surface area (Å²) in [6.45, 7) is 12.8. The van der Waals surface area contributed by atoms with Gasteiger partial charge in [0.15, 0.2) is 13.9 Å². The lowest BCUT2D eigenvalue weighted by atomic mass is 9.91. The molecule has 84 heavy (non-hydrogen) atoms. The molecule has 2 saturated heterocycles. The van der Waals surface area contributed by atoms with Crippen molar-refractivity contribution in [3.63, 3.8) is 0 Å². The molecule has 0 radical (unpaired) electrons. The first kappa shape index (κ1) is 76.3. The van der Waals surface area contributed by atoms with E-state index in [2.05, 4.69) is 60.0 Å². The van der Waals surface area contributed by atoms with Gasteiger partial charge in [0, 0.05) is 20.3 Å². The van der Waals surface area contributed by atoms with Gasteiger partial charge in [0.2, 0.25) is 29.5 Å². The highest BCUT2D eigenvalue weighted by molar-refractivity contribution is 7.63. The third-order valence-corrected chi connectivity index (χ3v) is 18.1. The highest BCUT2D eigenvalue weighted by atomic mass is 31.3. The number of nitrogens with one attached hydrogen (secondary N) is 5. The molecule has 13 N–H and O–H groups in total. The smallest absolute Gasteiger partial charge is 0.326 e. The standard InChI is InChI=1S/C53H98N6O23P2/c1-29(2)15-12-16-30(3)17-13-18-31(4)19-14-20-32(5)24-26-77-84(75,76)82-83(73,74)53-43(57-36(9)63)47(46(40(28-61)80-53)81-52-42(56-35(8)62)45(66)44(65)39(27-60)79-52)78-34(7)49(68)55-33(6)48(67)59-38(51(71)72)22-23-41(64)58-37(50(69)70)21-10-11-25-54/h29-34,37-40,42-47,52-53,60-61,65-66H,10-28,54H2,1-9H3,(H,55,68)(H,56,62)(H,57,63)(H,58,64)(H,59,67)(H,69,70)(H,71,72)(H,73,74)(H,75,76)/p-2/t30?,31?,32?,33-,34+,37-,38+,39+,40+,42+,43+,44+,45+,46?,47+,52-,53+/m0/s1. The van der Waals surface area contributed by atoms with Gasteiger partial charge in [-0.25, -0.2) is 4.79 Å². The second-order valence-electron chi connectivity index (χ2n) is 22.9. The van der Waals surface area contributed by atoms with Crippen LogP contribution in [-0.2, 0) is 70.5 Å². The zero-order chi connectivity index (χ0) is 63.6. The third kappa shape index (κ3) is 27.1. The Morgan fingerprint density at radius 2 is 1.19 bits per heavy atom. The summed E-state index contributed by atoms with van der Waals surface area (Å²) in [6.07, 6.45) is -5.48. The van der Waals surface area contributed by atoms with Crippen LogP contribution in [0.1, 0.15) is 159 Å². The van der Waals surface area contributed by atoms with E-state index in [0.29, 0.717) is 37.1 Å². The Kier molecular flexibility index (Phi) is 34.4. The van der Waals surface area contributed by atoms with Crippen molar-refractivity contribution in [2.75, 3.05) is 26.4 Å². The molecule has 0 bridgehead atoms. The minimum atomic E-state index is -6.08. The van der Waals surface area contributed by atoms with Crippen molar-refractivity contribution in [1.29, 1.82) is 0 Å². The average Bonchev–Trinajstić information content (AvgIpc) is 1.95. The number of rotatable bonds is 41. The normalized spacial score (nSPS) is 26.6. The molecule has 0 aromatic rings. The lowest BCUT2D eigenvalue weighted by Gasteiger charge is -2.51. The first-order chi connectivity index (χ1) is 39.3. The summed E-state index contributed by atoms with van der Waals surface area (Å²) in [6, 6.07) is -8.56. The molecule has 2 aliphatic rings. The molecule has 29 nitrogen and oxygen atoms in total. The van der Waals surface area contributed by atoms with E-state index in [-0.39, 0.29) is 18.8 Å². The first-order valence-electron chi connectivity index (χ1n) is 29.1. The lowest BCUT2D eigenvalue weighted by molar-refractivity contribution is -0.368. The highest BCUT2D eigenvalue weighted by Crippen LogP contribution is 2.60. The number of ether oxygens (including phenoxy) is 4. The number of unbranched alkanes of at least 4 members (excludes halogenated alkanes) is 1. The molecule has 2 fully saturated rings. The first-order valence-corrected chi connectivity index (χ1v) is 32.2. The molecule has 2 aliphatic heterocycles. The molecule has 0 aliphatic carbocycles. The number of aliphatic hydroxyl groups excluding tert-OH is 4. The van der Waals surface area contributed by atoms with E-state index in [0.717, 1.165) is 59.8 Å². The molecule has 0 aromatic carbocycles. The molecule has 0 spiro atoms. The van der Waals surface area contributed by atoms with Crippen molar-refractivity contribution >= 4 is 56.9 Å². The Hall–Kier alpha value is -3.77. The number of quaternary nitrogens is 1. The summed E-state index contributed by atoms with van der Waals surface area (Å²) in [5, 5.41) is 75.3. The molecule has 0 aromatic heterocycles. The quantitative estimate of drug-likeness (QED) is 0.0241. The predicted molar refractivity (Wildman–Crippen MR) is 294 cm³/mol. The van der Waals surface area contributed by atoms with Gasteiger partial charge in [0.25, 0.3) is 7.82 Å². The van der Waals surface area contributed by atoms with Gasteiger partial charge in [-0.05, 0) is 69.6 Å². The van der Waals surface area contributed by atoms with E-state index in [4.69, 9.17) is 27.8 Å². The van der Waals surface area contributed by atoms with Crippen LogP contribution in [0.2, 0.25) is 0 Å². The van der Waals surface area contributed by atoms with E-state index in [1.165, 1.54) is 25.7 Å². The summed E-state index contributed by atoms with van der Waals surface area (Å²) in [7, 11) is -11.9. The summed E-state index contributed by atoms with van der Waals surface area (Å²) in [5.74, 6) is -8.93. The van der Waals surface area contributed by atoms with Crippen LogP contribution in [0.3, 0.4) is 0 Å². The number of hydrogen-bond acceptors (Lipinski definition) is 22. The number of aliphatic carboxylic acids is 2. The Labute approximate surface area is 492 Å². The second kappa shape index (κ2) is 37.8. The number of amides is 5. The molecule has 5 amide bonds. The molecule has 6 unspecified atom stereocenters. The second-order valence-corrected chi connectivity index (χ2v) is 26.3. The number of carbonyl (C=O) groups is 7. The van der Waals surface area contributed by atoms with Gasteiger partial charge in [-0.2, -0.15) is 0 Å². The zero-order valence-corrected chi connectivity index (χ0v) is 51.8. The molecule has 488 valence electrons. The number of hydrogen-bond donors (Lipinski definition) is 11. The highest BCUT2D eigenvalue weighted by Gasteiger charge is 2.56. The summed E-state index contributed by atoms with van der Waals surface area (Å²) in [5.41, 5.74) is 3.67. The zero-order valence-electron chi connectivity index (χ0n) is 50.0. The molecule has 0 saturated carbocycles. The molecule has 31 heteroatoms. The van der Waals surface area contributed by atoms with Crippen molar-refractivity contribution in [3.8, 4) is 0 Å². The van der Waals surface area contributed by atoms with Crippen LogP contribution in [0.4, 0.5) is 0 Å². The van der Waals surface area contributed by atoms with Crippen LogP contribution in [0, 0.1) is 23.7 Å². The van der Waals surface area contributed by atoms with Crippen LogP contribution < -0.4 is 47.2 Å². The van der Waals surface area contributed by atoms with Gasteiger partial charge in [-0.15, -0.1) is 0 Å². The van der Waals surface area contributed by atoms with Gasteiger partial charge in [-0.1, -0.05) is 92.4 Å². The van der Waals surface area contributed by atoms with E-state index >= 15 is 0 Å². The average molecular weight is 1250 g/mol. The Morgan fingerprint density at radius 3 is 1.70 bits per heavy atom. The number of aliphatic hydroxyl groups is 4. The van der Waals surface area contributed by atoms with Gasteiger partial charge in [0.1, 0.15) is 66.7 Å². The summed E-state index contributed by atoms with van der Waals surface area (Å²) in [4.78, 5) is 116. The fourth-order valence-corrected chi connectivity index (χ4v) is 12.8. The van der Waals surface area contributed by atoms with Crippen molar-refractivity contribution < 1.29 is 117 Å². The number of carboxylic acid groups (broad SMARTS) is 2. The van der Waals surface area contributed by atoms with Gasteiger partial charge in [-0.3, -0.25) is 32.8 Å². The number of carboxylic acids is 2. The topological polar surface area (TPSA) is 467 Å². The third-order valence-electron chi connectivity index (χ3n) is 14.8. The Morgan fingerprint density at radius 1 is 0.643 bits per heavy atom.